The van der Waals surface area contributed by atoms with E-state index < -0.39 is 36.1 Å². The molecule has 0 radical (unpaired) electrons. The Labute approximate surface area is 103 Å². The lowest BCUT2D eigenvalue weighted by atomic mass is 10.2. The first-order chi connectivity index (χ1) is 8.69. The van der Waals surface area contributed by atoms with Gasteiger partial charge in [0.2, 0.25) is 0 Å². The Hall–Kier alpha value is -2.12. The van der Waals surface area contributed by atoms with Gasteiger partial charge in [0.05, 0.1) is 0 Å². The maximum absolute atomic E-state index is 13.3. The predicted molar refractivity (Wildman–Crippen MR) is 54.6 cm³/mol. The first-order valence-corrected chi connectivity index (χ1v) is 4.78. The molecule has 8 heteroatoms. The zero-order valence-electron chi connectivity index (χ0n) is 9.17. The van der Waals surface area contributed by atoms with Gasteiger partial charge in [-0.2, -0.15) is 13.2 Å². The summed E-state index contributed by atoms with van der Waals surface area (Å²) in [5.74, 6) is -5.20. The predicted octanol–water partition coefficient (Wildman–Crippen LogP) is 3.00. The van der Waals surface area contributed by atoms with Gasteiger partial charge in [0.1, 0.15) is 0 Å². The van der Waals surface area contributed by atoms with Crippen molar-refractivity contribution in [3.8, 4) is 5.75 Å². The molecule has 0 aliphatic heterocycles. The summed E-state index contributed by atoms with van der Waals surface area (Å²) in [6.07, 6.45) is -3.20. The van der Waals surface area contributed by atoms with E-state index in [1.165, 1.54) is 0 Å². The number of carboxylic acid groups (broad SMARTS) is 1. The average Bonchev–Trinajstić information content (AvgIpc) is 2.23. The molecule has 3 nitrogen and oxygen atoms in total. The van der Waals surface area contributed by atoms with E-state index in [0.29, 0.717) is 18.2 Å². The van der Waals surface area contributed by atoms with E-state index in [-0.39, 0.29) is 5.56 Å². The molecule has 0 aromatic heterocycles. The van der Waals surface area contributed by atoms with Crippen molar-refractivity contribution in [2.75, 3.05) is 6.61 Å². The fourth-order valence-corrected chi connectivity index (χ4v) is 1.14. The van der Waals surface area contributed by atoms with Gasteiger partial charge >= 0.3 is 12.1 Å². The van der Waals surface area contributed by atoms with E-state index in [2.05, 4.69) is 4.74 Å². The number of aliphatic carboxylic acids is 1. The smallest absolute Gasteiger partial charge is 0.422 e. The van der Waals surface area contributed by atoms with Crippen molar-refractivity contribution >= 4 is 12.0 Å². The second-order valence-corrected chi connectivity index (χ2v) is 3.39. The molecule has 19 heavy (non-hydrogen) atoms. The molecule has 1 aromatic carbocycles. The van der Waals surface area contributed by atoms with Crippen molar-refractivity contribution in [1.82, 2.24) is 0 Å². The number of carboxylic acids is 1. The number of halogens is 5. The van der Waals surface area contributed by atoms with Crippen LogP contribution in [0.3, 0.4) is 0 Å². The van der Waals surface area contributed by atoms with Crippen LogP contribution < -0.4 is 4.74 Å². The number of ether oxygens (including phenoxy) is 1. The van der Waals surface area contributed by atoms with Crippen LogP contribution in [0, 0.1) is 11.6 Å². The molecule has 1 rings (SSSR count). The summed E-state index contributed by atoms with van der Waals surface area (Å²) in [6, 6.07) is 1.32. The molecule has 0 fully saturated rings. The molecular weight excluding hydrogens is 275 g/mol. The van der Waals surface area contributed by atoms with Crippen LogP contribution in [0.5, 0.6) is 5.75 Å². The molecule has 0 saturated carbocycles. The SMILES string of the molecule is O=C(O)C=Cc1cc(F)c(OCC(F)(F)F)c(F)c1. The lowest BCUT2D eigenvalue weighted by molar-refractivity contribution is -0.154. The minimum atomic E-state index is -4.72. The van der Waals surface area contributed by atoms with E-state index in [1.807, 2.05) is 0 Å². The molecule has 0 atom stereocenters. The Kier molecular flexibility index (Phi) is 4.47. The molecule has 104 valence electrons. The summed E-state index contributed by atoms with van der Waals surface area (Å²) in [5.41, 5.74) is -0.156. The minimum absolute atomic E-state index is 0.156. The first kappa shape index (κ1) is 14.9. The number of alkyl halides is 3. The summed E-state index contributed by atoms with van der Waals surface area (Å²) in [4.78, 5) is 10.2. The molecule has 0 amide bonds. The van der Waals surface area contributed by atoms with Crippen LogP contribution in [0.2, 0.25) is 0 Å². The molecular formula is C11H7F5O3. The normalized spacial score (nSPS) is 11.8. The van der Waals surface area contributed by atoms with Gasteiger partial charge in [-0.1, -0.05) is 0 Å². The van der Waals surface area contributed by atoms with Crippen molar-refractivity contribution < 1.29 is 36.6 Å². The molecule has 0 spiro atoms. The van der Waals surface area contributed by atoms with Gasteiger partial charge < -0.3 is 9.84 Å². The average molecular weight is 282 g/mol. The highest BCUT2D eigenvalue weighted by Gasteiger charge is 2.29. The Bertz CT molecular complexity index is 485. The summed E-state index contributed by atoms with van der Waals surface area (Å²) < 4.78 is 66.1. The van der Waals surface area contributed by atoms with Gasteiger partial charge in [-0.25, -0.2) is 13.6 Å². The number of hydrogen-bond donors (Lipinski definition) is 1. The van der Waals surface area contributed by atoms with Crippen molar-refractivity contribution in [2.24, 2.45) is 0 Å². The van der Waals surface area contributed by atoms with E-state index >= 15 is 0 Å². The zero-order chi connectivity index (χ0) is 14.6. The van der Waals surface area contributed by atoms with E-state index in [4.69, 9.17) is 5.11 Å². The third kappa shape index (κ3) is 4.94. The lowest BCUT2D eigenvalue weighted by Crippen LogP contribution is -2.20. The summed E-state index contributed by atoms with van der Waals surface area (Å²) in [5, 5.41) is 8.32. The molecule has 1 aromatic rings. The van der Waals surface area contributed by atoms with Crippen LogP contribution in [0.15, 0.2) is 18.2 Å². The molecule has 0 aliphatic rings. The van der Waals surface area contributed by atoms with Crippen molar-refractivity contribution in [2.45, 2.75) is 6.18 Å². The monoisotopic (exact) mass is 282 g/mol. The molecule has 0 heterocycles. The minimum Gasteiger partial charge on any atom is -0.478 e. The Morgan fingerprint density at radius 1 is 1.26 bits per heavy atom. The van der Waals surface area contributed by atoms with Crippen LogP contribution >= 0.6 is 0 Å². The van der Waals surface area contributed by atoms with E-state index in [0.717, 1.165) is 6.08 Å². The van der Waals surface area contributed by atoms with Crippen molar-refractivity contribution in [3.63, 3.8) is 0 Å². The standard InChI is InChI=1S/C11H7F5O3/c12-7-3-6(1-2-9(17)18)4-8(13)10(7)19-5-11(14,15)16/h1-4H,5H2,(H,17,18). The highest BCUT2D eigenvalue weighted by atomic mass is 19.4. The third-order valence-corrected chi connectivity index (χ3v) is 1.82. The maximum Gasteiger partial charge on any atom is 0.422 e. The highest BCUT2D eigenvalue weighted by Crippen LogP contribution is 2.26. The Balaban J connectivity index is 2.94. The van der Waals surface area contributed by atoms with Gasteiger partial charge in [0.15, 0.2) is 24.0 Å². The molecule has 0 aliphatic carbocycles. The zero-order valence-corrected chi connectivity index (χ0v) is 9.17. The van der Waals surface area contributed by atoms with Gasteiger partial charge in [0.25, 0.3) is 0 Å². The number of hydrogen-bond acceptors (Lipinski definition) is 2. The van der Waals surface area contributed by atoms with Crippen LogP contribution in [0.25, 0.3) is 6.08 Å². The third-order valence-electron chi connectivity index (χ3n) is 1.82. The second kappa shape index (κ2) is 5.68. The number of rotatable bonds is 4. The van der Waals surface area contributed by atoms with Crippen LogP contribution in [-0.2, 0) is 4.79 Å². The van der Waals surface area contributed by atoms with Crippen LogP contribution in [0.4, 0.5) is 22.0 Å². The number of carbonyl (C=O) groups is 1. The van der Waals surface area contributed by atoms with Gasteiger partial charge in [0, 0.05) is 6.08 Å². The summed E-state index contributed by atoms with van der Waals surface area (Å²) in [7, 11) is 0. The summed E-state index contributed by atoms with van der Waals surface area (Å²) >= 11 is 0. The molecule has 0 bridgehead atoms. The number of benzene rings is 1. The van der Waals surface area contributed by atoms with Crippen LogP contribution in [-0.4, -0.2) is 23.9 Å². The van der Waals surface area contributed by atoms with Crippen molar-refractivity contribution in [3.05, 3.63) is 35.4 Å². The lowest BCUT2D eigenvalue weighted by Gasteiger charge is -2.11. The largest absolute Gasteiger partial charge is 0.478 e. The fourth-order valence-electron chi connectivity index (χ4n) is 1.14. The van der Waals surface area contributed by atoms with Crippen molar-refractivity contribution in [1.29, 1.82) is 0 Å². The Morgan fingerprint density at radius 3 is 2.21 bits per heavy atom. The van der Waals surface area contributed by atoms with Gasteiger partial charge in [-0.3, -0.25) is 0 Å². The second-order valence-electron chi connectivity index (χ2n) is 3.39. The quantitative estimate of drug-likeness (QED) is 0.682. The Morgan fingerprint density at radius 2 is 1.79 bits per heavy atom. The fraction of sp³-hybridized carbons (Fsp3) is 0.182. The molecule has 0 unspecified atom stereocenters. The molecule has 1 N–H and O–H groups in total. The van der Waals surface area contributed by atoms with E-state index in [1.54, 1.807) is 0 Å². The maximum atomic E-state index is 13.3. The highest BCUT2D eigenvalue weighted by molar-refractivity contribution is 5.85. The first-order valence-electron chi connectivity index (χ1n) is 4.78. The van der Waals surface area contributed by atoms with Gasteiger partial charge in [-0.15, -0.1) is 0 Å². The topological polar surface area (TPSA) is 46.5 Å². The van der Waals surface area contributed by atoms with Gasteiger partial charge in [-0.05, 0) is 23.8 Å². The van der Waals surface area contributed by atoms with Crippen LogP contribution in [0.1, 0.15) is 5.56 Å². The summed E-state index contributed by atoms with van der Waals surface area (Å²) in [6.45, 7) is -1.83. The molecule has 0 saturated heterocycles. The van der Waals surface area contributed by atoms with E-state index in [9.17, 15) is 26.7 Å².